The van der Waals surface area contributed by atoms with E-state index >= 15 is 0 Å². The van der Waals surface area contributed by atoms with Crippen molar-refractivity contribution in [3.05, 3.63) is 34.9 Å². The summed E-state index contributed by atoms with van der Waals surface area (Å²) in [5.74, 6) is 0.368. The van der Waals surface area contributed by atoms with Gasteiger partial charge < -0.3 is 5.11 Å². The number of rotatable bonds is 1. The largest absolute Gasteiger partial charge is 0.392 e. The van der Waals surface area contributed by atoms with Gasteiger partial charge in [0.05, 0.1) is 6.10 Å². The molecule has 0 bridgehead atoms. The maximum atomic E-state index is 9.12. The Kier molecular flexibility index (Phi) is 1.63. The SMILES string of the molecule is O[C@H]1C[C@@H]1c1ccc(Cl)cc1. The van der Waals surface area contributed by atoms with Gasteiger partial charge in [0.2, 0.25) is 0 Å². The molecule has 1 saturated carbocycles. The van der Waals surface area contributed by atoms with Gasteiger partial charge in [0.25, 0.3) is 0 Å². The molecule has 2 atom stereocenters. The second-order valence-corrected chi connectivity index (χ2v) is 3.40. The van der Waals surface area contributed by atoms with Gasteiger partial charge in [-0.3, -0.25) is 0 Å². The number of aliphatic hydroxyl groups is 1. The molecular weight excluding hydrogens is 160 g/mol. The zero-order valence-electron chi connectivity index (χ0n) is 6.00. The molecule has 0 radical (unpaired) electrons. The Morgan fingerprint density at radius 1 is 1.27 bits per heavy atom. The molecule has 1 nitrogen and oxygen atoms in total. The van der Waals surface area contributed by atoms with Gasteiger partial charge in [-0.05, 0) is 24.1 Å². The zero-order valence-corrected chi connectivity index (χ0v) is 6.75. The van der Waals surface area contributed by atoms with Crippen molar-refractivity contribution in [1.82, 2.24) is 0 Å². The normalized spacial score (nSPS) is 28.5. The van der Waals surface area contributed by atoms with Crippen molar-refractivity contribution in [2.75, 3.05) is 0 Å². The lowest BCUT2D eigenvalue weighted by Crippen LogP contribution is -1.84. The van der Waals surface area contributed by atoms with Gasteiger partial charge in [0.1, 0.15) is 0 Å². The molecule has 0 spiro atoms. The van der Waals surface area contributed by atoms with Gasteiger partial charge in [-0.1, -0.05) is 23.7 Å². The summed E-state index contributed by atoms with van der Waals surface area (Å²) in [7, 11) is 0. The first-order valence-electron chi connectivity index (χ1n) is 3.71. The van der Waals surface area contributed by atoms with Crippen molar-refractivity contribution < 1.29 is 5.11 Å². The van der Waals surface area contributed by atoms with Crippen LogP contribution < -0.4 is 0 Å². The molecule has 1 aromatic carbocycles. The molecule has 1 aliphatic carbocycles. The molecule has 58 valence electrons. The van der Waals surface area contributed by atoms with Crippen LogP contribution in [0.1, 0.15) is 17.9 Å². The molecule has 1 N–H and O–H groups in total. The van der Waals surface area contributed by atoms with Crippen LogP contribution in [0, 0.1) is 0 Å². The van der Waals surface area contributed by atoms with E-state index in [9.17, 15) is 0 Å². The van der Waals surface area contributed by atoms with Crippen molar-refractivity contribution in [2.45, 2.75) is 18.4 Å². The second kappa shape index (κ2) is 2.50. The van der Waals surface area contributed by atoms with Gasteiger partial charge in [-0.2, -0.15) is 0 Å². The minimum atomic E-state index is -0.115. The van der Waals surface area contributed by atoms with Gasteiger partial charge >= 0.3 is 0 Å². The van der Waals surface area contributed by atoms with Crippen molar-refractivity contribution in [3.8, 4) is 0 Å². The molecule has 0 aromatic heterocycles. The third-order valence-electron chi connectivity index (χ3n) is 2.05. The summed E-state index contributed by atoms with van der Waals surface area (Å²) in [6.45, 7) is 0. The van der Waals surface area contributed by atoms with Crippen molar-refractivity contribution in [2.24, 2.45) is 0 Å². The number of benzene rings is 1. The van der Waals surface area contributed by atoms with Gasteiger partial charge in [0.15, 0.2) is 0 Å². The Bertz CT molecular complexity index is 255. The molecule has 1 fully saturated rings. The lowest BCUT2D eigenvalue weighted by atomic mass is 10.1. The van der Waals surface area contributed by atoms with E-state index < -0.39 is 0 Å². The highest BCUT2D eigenvalue weighted by atomic mass is 35.5. The second-order valence-electron chi connectivity index (χ2n) is 2.96. The van der Waals surface area contributed by atoms with E-state index in [2.05, 4.69) is 0 Å². The summed E-state index contributed by atoms with van der Waals surface area (Å²) in [6, 6.07) is 7.68. The van der Waals surface area contributed by atoms with E-state index in [1.807, 2.05) is 24.3 Å². The smallest absolute Gasteiger partial charge is 0.0616 e. The highest BCUT2D eigenvalue weighted by molar-refractivity contribution is 6.30. The van der Waals surface area contributed by atoms with Gasteiger partial charge in [-0.25, -0.2) is 0 Å². The minimum absolute atomic E-state index is 0.115. The molecule has 11 heavy (non-hydrogen) atoms. The Labute approximate surface area is 70.6 Å². The van der Waals surface area contributed by atoms with Crippen LogP contribution in [0.4, 0.5) is 0 Å². The summed E-state index contributed by atoms with van der Waals surface area (Å²) in [5.41, 5.74) is 1.20. The Hall–Kier alpha value is -0.530. The standard InChI is InChI=1S/C9H9ClO/c10-7-3-1-6(2-4-7)8-5-9(8)11/h1-4,8-9,11H,5H2/t8-,9+/m1/s1. The van der Waals surface area contributed by atoms with Crippen LogP contribution in [0.5, 0.6) is 0 Å². The van der Waals surface area contributed by atoms with E-state index in [4.69, 9.17) is 16.7 Å². The molecule has 0 unspecified atom stereocenters. The van der Waals surface area contributed by atoms with Crippen LogP contribution in [0.15, 0.2) is 24.3 Å². The van der Waals surface area contributed by atoms with Crippen LogP contribution >= 0.6 is 11.6 Å². The van der Waals surface area contributed by atoms with E-state index in [0.717, 1.165) is 11.4 Å². The predicted octanol–water partition coefficient (Wildman–Crippen LogP) is 2.19. The summed E-state index contributed by atoms with van der Waals surface area (Å²) in [5, 5.41) is 9.87. The van der Waals surface area contributed by atoms with Crippen molar-refractivity contribution in [1.29, 1.82) is 0 Å². The molecule has 1 aromatic rings. The Morgan fingerprint density at radius 2 is 1.82 bits per heavy atom. The van der Waals surface area contributed by atoms with E-state index in [1.165, 1.54) is 5.56 Å². The fourth-order valence-corrected chi connectivity index (χ4v) is 1.38. The monoisotopic (exact) mass is 168 g/mol. The molecule has 1 aliphatic rings. The predicted molar refractivity (Wildman–Crippen MR) is 44.8 cm³/mol. The Morgan fingerprint density at radius 3 is 2.27 bits per heavy atom. The van der Waals surface area contributed by atoms with Gasteiger partial charge in [0, 0.05) is 10.9 Å². The van der Waals surface area contributed by atoms with Crippen LogP contribution in [-0.2, 0) is 0 Å². The third kappa shape index (κ3) is 1.39. The van der Waals surface area contributed by atoms with Crippen LogP contribution in [0.2, 0.25) is 5.02 Å². The number of hydrogen-bond acceptors (Lipinski definition) is 1. The maximum Gasteiger partial charge on any atom is 0.0616 e. The summed E-state index contributed by atoms with van der Waals surface area (Å²) in [4.78, 5) is 0. The lowest BCUT2D eigenvalue weighted by Gasteiger charge is -1.96. The van der Waals surface area contributed by atoms with E-state index in [1.54, 1.807) is 0 Å². The number of halogens is 1. The lowest BCUT2D eigenvalue weighted by molar-refractivity contribution is 0.272. The van der Waals surface area contributed by atoms with Crippen LogP contribution in [-0.4, -0.2) is 11.2 Å². The molecule has 0 saturated heterocycles. The van der Waals surface area contributed by atoms with E-state index in [0.29, 0.717) is 5.92 Å². The fraction of sp³-hybridized carbons (Fsp3) is 0.333. The highest BCUT2D eigenvalue weighted by Crippen LogP contribution is 2.40. The highest BCUT2D eigenvalue weighted by Gasteiger charge is 2.36. The minimum Gasteiger partial charge on any atom is -0.392 e. The van der Waals surface area contributed by atoms with Gasteiger partial charge in [-0.15, -0.1) is 0 Å². The third-order valence-corrected chi connectivity index (χ3v) is 2.31. The van der Waals surface area contributed by atoms with Crippen molar-refractivity contribution in [3.63, 3.8) is 0 Å². The quantitative estimate of drug-likeness (QED) is 0.682. The summed E-state index contributed by atoms with van der Waals surface area (Å²) in [6.07, 6.45) is 0.790. The first kappa shape index (κ1) is 7.14. The first-order chi connectivity index (χ1) is 5.27. The molecule has 0 heterocycles. The zero-order chi connectivity index (χ0) is 7.84. The number of hydrogen-bond donors (Lipinski definition) is 1. The topological polar surface area (TPSA) is 20.2 Å². The first-order valence-corrected chi connectivity index (χ1v) is 4.09. The number of aliphatic hydroxyl groups excluding tert-OH is 1. The average Bonchev–Trinajstić information content (AvgIpc) is 2.69. The van der Waals surface area contributed by atoms with Crippen molar-refractivity contribution >= 4 is 11.6 Å². The molecule has 2 heteroatoms. The summed E-state index contributed by atoms with van der Waals surface area (Å²) >= 11 is 5.71. The van der Waals surface area contributed by atoms with E-state index in [-0.39, 0.29) is 6.10 Å². The van der Waals surface area contributed by atoms with Crippen LogP contribution in [0.3, 0.4) is 0 Å². The molecular formula is C9H9ClO. The average molecular weight is 169 g/mol. The molecule has 0 aliphatic heterocycles. The fourth-order valence-electron chi connectivity index (χ4n) is 1.25. The Balaban J connectivity index is 2.21. The summed E-state index contributed by atoms with van der Waals surface area (Å²) < 4.78 is 0. The maximum absolute atomic E-state index is 9.12. The van der Waals surface area contributed by atoms with Crippen LogP contribution in [0.25, 0.3) is 0 Å². The molecule has 2 rings (SSSR count). The molecule has 0 amide bonds.